The largest absolute Gasteiger partial charge is 0.468 e. The molecule has 1 aromatic heterocycles. The summed E-state index contributed by atoms with van der Waals surface area (Å²) in [5.41, 5.74) is 3.04. The predicted molar refractivity (Wildman–Crippen MR) is 116 cm³/mol. The number of hydrogen-bond acceptors (Lipinski definition) is 5. The molecule has 0 radical (unpaired) electrons. The highest BCUT2D eigenvalue weighted by atomic mass is 16.5. The van der Waals surface area contributed by atoms with Crippen LogP contribution in [-0.4, -0.2) is 36.6 Å². The molecular weight excluding hydrogens is 380 g/mol. The quantitative estimate of drug-likeness (QED) is 0.501. The Hall–Kier alpha value is -3.12. The van der Waals surface area contributed by atoms with Gasteiger partial charge in [-0.1, -0.05) is 55.5 Å². The first-order valence-corrected chi connectivity index (χ1v) is 10.1. The van der Waals surface area contributed by atoms with Crippen LogP contribution in [0.15, 0.2) is 60.8 Å². The number of aromatic nitrogens is 1. The molecule has 158 valence electrons. The molecule has 30 heavy (non-hydrogen) atoms. The van der Waals surface area contributed by atoms with Gasteiger partial charge in [-0.05, 0) is 30.2 Å². The first-order chi connectivity index (χ1) is 14.6. The molecule has 2 atom stereocenters. The number of rotatable bonds is 10. The van der Waals surface area contributed by atoms with Crippen LogP contribution in [0.1, 0.15) is 24.5 Å². The third-order valence-corrected chi connectivity index (χ3v) is 5.18. The lowest BCUT2D eigenvalue weighted by atomic mass is 10.0. The van der Waals surface area contributed by atoms with Gasteiger partial charge < -0.3 is 19.8 Å². The predicted octanol–water partition coefficient (Wildman–Crippen LogP) is 3.61. The first-order valence-electron chi connectivity index (χ1n) is 10.1. The van der Waals surface area contributed by atoms with Crippen LogP contribution in [0.25, 0.3) is 10.9 Å². The normalized spacial score (nSPS) is 13.0. The molecule has 0 bridgehead atoms. The maximum atomic E-state index is 12.3. The molecule has 0 spiro atoms. The fourth-order valence-corrected chi connectivity index (χ4v) is 3.36. The van der Waals surface area contributed by atoms with E-state index in [0.717, 1.165) is 22.0 Å². The summed E-state index contributed by atoms with van der Waals surface area (Å²) in [6, 6.07) is 17.1. The molecule has 0 amide bonds. The zero-order valence-corrected chi connectivity index (χ0v) is 17.4. The highest BCUT2D eigenvalue weighted by Gasteiger charge is 2.22. The Bertz CT molecular complexity index is 968. The summed E-state index contributed by atoms with van der Waals surface area (Å²) in [7, 11) is 1.38. The van der Waals surface area contributed by atoms with Gasteiger partial charge in [0.25, 0.3) is 0 Å². The van der Waals surface area contributed by atoms with E-state index in [9.17, 15) is 9.59 Å². The smallest absolute Gasteiger partial charge is 0.323 e. The van der Waals surface area contributed by atoms with E-state index < -0.39 is 6.04 Å². The molecule has 3 aromatic rings. The van der Waals surface area contributed by atoms with E-state index >= 15 is 0 Å². The van der Waals surface area contributed by atoms with Crippen molar-refractivity contribution in [2.75, 3.05) is 13.7 Å². The van der Waals surface area contributed by atoms with Crippen molar-refractivity contribution in [1.82, 2.24) is 10.3 Å². The van der Waals surface area contributed by atoms with Crippen molar-refractivity contribution in [3.05, 3.63) is 71.9 Å². The Labute approximate surface area is 176 Å². The molecule has 6 heteroatoms. The van der Waals surface area contributed by atoms with Gasteiger partial charge in [0.1, 0.15) is 12.6 Å². The van der Waals surface area contributed by atoms with E-state index in [1.54, 1.807) is 0 Å². The van der Waals surface area contributed by atoms with Crippen LogP contribution in [0, 0.1) is 5.92 Å². The van der Waals surface area contributed by atoms with Gasteiger partial charge in [0.2, 0.25) is 0 Å². The summed E-state index contributed by atoms with van der Waals surface area (Å²) in [5, 5.41) is 4.33. The van der Waals surface area contributed by atoms with E-state index in [2.05, 4.69) is 10.3 Å². The topological polar surface area (TPSA) is 80.4 Å². The van der Waals surface area contributed by atoms with Crippen molar-refractivity contribution in [3.8, 4) is 0 Å². The second-order valence-electron chi connectivity index (χ2n) is 7.38. The lowest BCUT2D eigenvalue weighted by Crippen LogP contribution is -2.40. The minimum absolute atomic E-state index is 0.244. The second kappa shape index (κ2) is 10.6. The first kappa shape index (κ1) is 21.6. The number of para-hydroxylation sites is 1. The van der Waals surface area contributed by atoms with Crippen LogP contribution in [0.3, 0.4) is 0 Å². The minimum atomic E-state index is -0.484. The van der Waals surface area contributed by atoms with E-state index in [4.69, 9.17) is 9.47 Å². The molecule has 0 aliphatic heterocycles. The number of esters is 2. The highest BCUT2D eigenvalue weighted by molar-refractivity contribution is 5.84. The van der Waals surface area contributed by atoms with E-state index in [1.165, 1.54) is 7.11 Å². The fraction of sp³-hybridized carbons (Fsp3) is 0.333. The van der Waals surface area contributed by atoms with Crippen molar-refractivity contribution < 1.29 is 19.1 Å². The van der Waals surface area contributed by atoms with E-state index in [1.807, 2.05) is 67.7 Å². The van der Waals surface area contributed by atoms with Crippen molar-refractivity contribution in [3.63, 3.8) is 0 Å². The Morgan fingerprint density at radius 3 is 2.53 bits per heavy atom. The molecular formula is C24H28N2O4. The highest BCUT2D eigenvalue weighted by Crippen LogP contribution is 2.19. The van der Waals surface area contributed by atoms with Crippen LogP contribution in [0.5, 0.6) is 0 Å². The molecule has 0 aliphatic carbocycles. The van der Waals surface area contributed by atoms with Gasteiger partial charge >= 0.3 is 11.9 Å². The van der Waals surface area contributed by atoms with Gasteiger partial charge in [-0.15, -0.1) is 0 Å². The molecule has 0 saturated heterocycles. The SMILES string of the molecule is COC(=O)C(Cc1c[nH]c2ccccc12)NCCC(C)C(=O)OCc1ccccc1. The number of nitrogens with one attached hydrogen (secondary N) is 2. The van der Waals surface area contributed by atoms with Crippen molar-refractivity contribution >= 4 is 22.8 Å². The van der Waals surface area contributed by atoms with E-state index in [0.29, 0.717) is 19.4 Å². The Morgan fingerprint density at radius 2 is 1.77 bits per heavy atom. The summed E-state index contributed by atoms with van der Waals surface area (Å²) in [5.74, 6) is -0.834. The number of benzene rings is 2. The van der Waals surface area contributed by atoms with Crippen LogP contribution in [0.4, 0.5) is 0 Å². The van der Waals surface area contributed by atoms with Gasteiger partial charge in [-0.3, -0.25) is 9.59 Å². The number of methoxy groups -OCH3 is 1. The molecule has 6 nitrogen and oxygen atoms in total. The van der Waals surface area contributed by atoms with Gasteiger partial charge in [-0.2, -0.15) is 0 Å². The van der Waals surface area contributed by atoms with Gasteiger partial charge in [0.15, 0.2) is 0 Å². The van der Waals surface area contributed by atoms with Gasteiger partial charge in [0, 0.05) is 23.5 Å². The number of fused-ring (bicyclic) bond motifs is 1. The molecule has 2 N–H and O–H groups in total. The van der Waals surface area contributed by atoms with Crippen LogP contribution in [-0.2, 0) is 32.1 Å². The molecule has 3 rings (SSSR count). The Morgan fingerprint density at radius 1 is 1.03 bits per heavy atom. The number of carbonyl (C=O) groups excluding carboxylic acids is 2. The number of ether oxygens (including phenoxy) is 2. The Balaban J connectivity index is 1.50. The number of H-pyrrole nitrogens is 1. The fourth-order valence-electron chi connectivity index (χ4n) is 3.36. The summed E-state index contributed by atoms with van der Waals surface area (Å²) in [4.78, 5) is 27.7. The molecule has 2 unspecified atom stereocenters. The number of hydrogen-bond donors (Lipinski definition) is 2. The molecule has 0 fully saturated rings. The average Bonchev–Trinajstić information content (AvgIpc) is 3.19. The Kier molecular flexibility index (Phi) is 7.63. The maximum Gasteiger partial charge on any atom is 0.323 e. The van der Waals surface area contributed by atoms with Crippen molar-refractivity contribution in [2.45, 2.75) is 32.4 Å². The summed E-state index contributed by atoms with van der Waals surface area (Å²) < 4.78 is 10.3. The van der Waals surface area contributed by atoms with Crippen LogP contribution < -0.4 is 5.32 Å². The summed E-state index contributed by atoms with van der Waals surface area (Å²) >= 11 is 0. The zero-order valence-electron chi connectivity index (χ0n) is 17.4. The molecule has 0 saturated carbocycles. The lowest BCUT2D eigenvalue weighted by molar-refractivity contribution is -0.149. The van der Waals surface area contributed by atoms with Gasteiger partial charge in [-0.25, -0.2) is 0 Å². The minimum Gasteiger partial charge on any atom is -0.468 e. The zero-order chi connectivity index (χ0) is 21.3. The maximum absolute atomic E-state index is 12.3. The third kappa shape index (κ3) is 5.70. The van der Waals surface area contributed by atoms with Crippen molar-refractivity contribution in [2.24, 2.45) is 5.92 Å². The van der Waals surface area contributed by atoms with E-state index in [-0.39, 0.29) is 24.5 Å². The molecule has 2 aromatic carbocycles. The van der Waals surface area contributed by atoms with Crippen LogP contribution in [0.2, 0.25) is 0 Å². The molecule has 1 heterocycles. The van der Waals surface area contributed by atoms with Gasteiger partial charge in [0.05, 0.1) is 13.0 Å². The molecule has 0 aliphatic rings. The summed E-state index contributed by atoms with van der Waals surface area (Å²) in [6.45, 7) is 2.61. The monoisotopic (exact) mass is 408 g/mol. The average molecular weight is 408 g/mol. The summed E-state index contributed by atoms with van der Waals surface area (Å²) in [6.07, 6.45) is 2.99. The second-order valence-corrected chi connectivity index (χ2v) is 7.38. The standard InChI is InChI=1S/C24H28N2O4/c1-17(23(27)30-16-18-8-4-3-5-9-18)12-13-25-22(24(28)29-2)14-19-15-26-21-11-7-6-10-20(19)21/h3-11,15,17,22,25-26H,12-14,16H2,1-2H3. The lowest BCUT2D eigenvalue weighted by Gasteiger charge is -2.18. The third-order valence-electron chi connectivity index (χ3n) is 5.18. The van der Waals surface area contributed by atoms with Crippen molar-refractivity contribution in [1.29, 1.82) is 0 Å². The number of aromatic amines is 1. The van der Waals surface area contributed by atoms with Crippen LogP contribution >= 0.6 is 0 Å². The number of carbonyl (C=O) groups is 2.